The lowest BCUT2D eigenvalue weighted by Crippen LogP contribution is -2.35. The molecule has 0 saturated heterocycles. The van der Waals surface area contributed by atoms with E-state index in [9.17, 15) is 0 Å². The minimum atomic E-state index is 0.547. The summed E-state index contributed by atoms with van der Waals surface area (Å²) in [6, 6.07) is 12.4. The van der Waals surface area contributed by atoms with Gasteiger partial charge >= 0.3 is 0 Å². The van der Waals surface area contributed by atoms with Crippen molar-refractivity contribution in [1.29, 1.82) is 0 Å². The molecule has 22 heavy (non-hydrogen) atoms. The molecule has 1 N–H and O–H groups in total. The molecule has 0 aliphatic carbocycles. The average Bonchev–Trinajstić information content (AvgIpc) is 3.00. The molecular formula is C15H17N7. The van der Waals surface area contributed by atoms with E-state index in [2.05, 4.69) is 62.2 Å². The fourth-order valence-electron chi connectivity index (χ4n) is 3.05. The van der Waals surface area contributed by atoms with Crippen LogP contribution in [0.3, 0.4) is 0 Å². The monoisotopic (exact) mass is 295 g/mol. The average molecular weight is 295 g/mol. The van der Waals surface area contributed by atoms with Gasteiger partial charge in [0.15, 0.2) is 5.65 Å². The highest BCUT2D eigenvalue weighted by Gasteiger charge is 2.21. The van der Waals surface area contributed by atoms with Crippen LogP contribution in [0.15, 0.2) is 36.4 Å². The topological polar surface area (TPSA) is 71.2 Å². The highest BCUT2D eigenvalue weighted by molar-refractivity contribution is 5.55. The van der Waals surface area contributed by atoms with Crippen molar-refractivity contribution in [3.63, 3.8) is 0 Å². The van der Waals surface area contributed by atoms with E-state index >= 15 is 0 Å². The predicted molar refractivity (Wildman–Crippen MR) is 84.0 cm³/mol. The van der Waals surface area contributed by atoms with Crippen molar-refractivity contribution >= 4 is 17.2 Å². The summed E-state index contributed by atoms with van der Waals surface area (Å²) in [5, 5.41) is 19.0. The minimum absolute atomic E-state index is 0.547. The molecule has 0 saturated carbocycles. The Labute approximate surface area is 127 Å². The minimum Gasteiger partial charge on any atom is -0.374 e. The zero-order valence-corrected chi connectivity index (χ0v) is 12.3. The molecule has 7 heteroatoms. The predicted octanol–water partition coefficient (Wildman–Crippen LogP) is 1.24. The van der Waals surface area contributed by atoms with Crippen molar-refractivity contribution in [3.05, 3.63) is 42.0 Å². The Morgan fingerprint density at radius 2 is 2.14 bits per heavy atom. The molecule has 0 fully saturated rings. The van der Waals surface area contributed by atoms with Gasteiger partial charge in [-0.05, 0) is 46.5 Å². The standard InChI is InChI=1S/C15H17N7/c1-21-10-11(8-12-4-2-3-5-13(12)21)9-16-14-6-7-15-17-19-20-22(15)18-14/h2-7,11H,8-10H2,1H3,(H,16,18). The van der Waals surface area contributed by atoms with Crippen LogP contribution in [-0.4, -0.2) is 45.4 Å². The number of anilines is 2. The molecule has 0 bridgehead atoms. The maximum atomic E-state index is 4.34. The molecule has 1 aliphatic heterocycles. The third kappa shape index (κ3) is 2.34. The Morgan fingerprint density at radius 3 is 3.09 bits per heavy atom. The Balaban J connectivity index is 1.46. The molecule has 1 atom stereocenters. The number of hydrogen-bond acceptors (Lipinski definition) is 6. The zero-order valence-electron chi connectivity index (χ0n) is 12.3. The largest absolute Gasteiger partial charge is 0.374 e. The molecule has 0 spiro atoms. The van der Waals surface area contributed by atoms with Gasteiger partial charge in [-0.15, -0.1) is 14.8 Å². The van der Waals surface area contributed by atoms with E-state index in [1.165, 1.54) is 15.9 Å². The number of tetrazole rings is 1. The Morgan fingerprint density at radius 1 is 1.23 bits per heavy atom. The Hall–Kier alpha value is -2.70. The molecule has 7 nitrogen and oxygen atoms in total. The zero-order chi connectivity index (χ0) is 14.9. The summed E-state index contributed by atoms with van der Waals surface area (Å²) in [5.41, 5.74) is 3.40. The third-order valence-corrected chi connectivity index (χ3v) is 4.08. The van der Waals surface area contributed by atoms with Crippen LogP contribution < -0.4 is 10.2 Å². The maximum Gasteiger partial charge on any atom is 0.200 e. The van der Waals surface area contributed by atoms with Gasteiger partial charge in [0.05, 0.1) is 0 Å². The summed E-state index contributed by atoms with van der Waals surface area (Å²) in [6.07, 6.45) is 1.08. The molecule has 4 rings (SSSR count). The van der Waals surface area contributed by atoms with E-state index in [1.54, 1.807) is 0 Å². The fourth-order valence-corrected chi connectivity index (χ4v) is 3.05. The van der Waals surface area contributed by atoms with Gasteiger partial charge in [0, 0.05) is 25.8 Å². The molecule has 1 unspecified atom stereocenters. The quantitative estimate of drug-likeness (QED) is 0.784. The maximum absolute atomic E-state index is 4.34. The van der Waals surface area contributed by atoms with Crippen LogP contribution in [0.1, 0.15) is 5.56 Å². The van der Waals surface area contributed by atoms with E-state index < -0.39 is 0 Å². The van der Waals surface area contributed by atoms with E-state index in [4.69, 9.17) is 0 Å². The number of rotatable bonds is 3. The fraction of sp³-hybridized carbons (Fsp3) is 0.333. The van der Waals surface area contributed by atoms with Crippen molar-refractivity contribution in [1.82, 2.24) is 25.3 Å². The van der Waals surface area contributed by atoms with Gasteiger partial charge in [0.2, 0.25) is 0 Å². The molecule has 1 aliphatic rings. The first-order chi connectivity index (χ1) is 10.8. The lowest BCUT2D eigenvalue weighted by atomic mass is 9.93. The van der Waals surface area contributed by atoms with Gasteiger partial charge in [-0.25, -0.2) is 0 Å². The van der Waals surface area contributed by atoms with Gasteiger partial charge in [-0.2, -0.15) is 0 Å². The van der Waals surface area contributed by atoms with E-state index in [1.807, 2.05) is 12.1 Å². The molecule has 0 amide bonds. The number of nitrogens with one attached hydrogen (secondary N) is 1. The van der Waals surface area contributed by atoms with Gasteiger partial charge in [0.1, 0.15) is 5.82 Å². The van der Waals surface area contributed by atoms with Gasteiger partial charge in [0.25, 0.3) is 0 Å². The van der Waals surface area contributed by atoms with E-state index in [0.717, 1.165) is 25.3 Å². The lowest BCUT2D eigenvalue weighted by molar-refractivity contribution is 0.527. The summed E-state index contributed by atoms with van der Waals surface area (Å²) in [6.45, 7) is 1.91. The van der Waals surface area contributed by atoms with E-state index in [0.29, 0.717) is 11.6 Å². The van der Waals surface area contributed by atoms with Crippen LogP contribution in [0.5, 0.6) is 0 Å². The third-order valence-electron chi connectivity index (χ3n) is 4.08. The number of nitrogens with zero attached hydrogens (tertiary/aromatic N) is 6. The molecule has 3 aromatic rings. The van der Waals surface area contributed by atoms with Crippen LogP contribution in [-0.2, 0) is 6.42 Å². The van der Waals surface area contributed by atoms with E-state index in [-0.39, 0.29) is 0 Å². The highest BCUT2D eigenvalue weighted by atomic mass is 15.6. The molecule has 1 aromatic carbocycles. The first-order valence-electron chi connectivity index (χ1n) is 7.38. The SMILES string of the molecule is CN1CC(CNc2ccc3nnnn3n2)Cc2ccccc21. The van der Waals surface area contributed by atoms with Crippen molar-refractivity contribution < 1.29 is 0 Å². The summed E-state index contributed by atoms with van der Waals surface area (Å²) in [5.74, 6) is 1.34. The number of hydrogen-bond donors (Lipinski definition) is 1. The van der Waals surface area contributed by atoms with Crippen LogP contribution in [0.25, 0.3) is 5.65 Å². The van der Waals surface area contributed by atoms with Crippen molar-refractivity contribution in [3.8, 4) is 0 Å². The summed E-state index contributed by atoms with van der Waals surface area (Å²) in [4.78, 5) is 2.32. The Bertz CT molecular complexity index is 797. The first kappa shape index (κ1) is 13.0. The first-order valence-corrected chi connectivity index (χ1v) is 7.38. The van der Waals surface area contributed by atoms with Gasteiger partial charge < -0.3 is 10.2 Å². The summed E-state index contributed by atoms with van der Waals surface area (Å²) >= 11 is 0. The van der Waals surface area contributed by atoms with Crippen LogP contribution in [0, 0.1) is 5.92 Å². The van der Waals surface area contributed by atoms with Crippen LogP contribution in [0.2, 0.25) is 0 Å². The number of aromatic nitrogens is 5. The van der Waals surface area contributed by atoms with Crippen LogP contribution in [0.4, 0.5) is 11.5 Å². The Kier molecular flexibility index (Phi) is 3.10. The number of fused-ring (bicyclic) bond motifs is 2. The van der Waals surface area contributed by atoms with Crippen LogP contribution >= 0.6 is 0 Å². The molecule has 112 valence electrons. The normalized spacial score (nSPS) is 17.5. The second-order valence-electron chi connectivity index (χ2n) is 5.71. The summed E-state index contributed by atoms with van der Waals surface area (Å²) in [7, 11) is 2.15. The lowest BCUT2D eigenvalue weighted by Gasteiger charge is -2.33. The smallest absolute Gasteiger partial charge is 0.200 e. The second kappa shape index (κ2) is 5.25. The molecule has 0 radical (unpaired) electrons. The number of para-hydroxylation sites is 1. The second-order valence-corrected chi connectivity index (χ2v) is 5.71. The molecule has 2 aromatic heterocycles. The van der Waals surface area contributed by atoms with Crippen molar-refractivity contribution in [2.75, 3.05) is 30.4 Å². The van der Waals surface area contributed by atoms with Crippen molar-refractivity contribution in [2.45, 2.75) is 6.42 Å². The van der Waals surface area contributed by atoms with Gasteiger partial charge in [-0.1, -0.05) is 18.2 Å². The molecular weight excluding hydrogens is 278 g/mol. The molecule has 3 heterocycles. The summed E-state index contributed by atoms with van der Waals surface area (Å²) < 4.78 is 1.44. The number of benzene rings is 1. The highest BCUT2D eigenvalue weighted by Crippen LogP contribution is 2.28. The van der Waals surface area contributed by atoms with Crippen molar-refractivity contribution in [2.24, 2.45) is 5.92 Å². The van der Waals surface area contributed by atoms with Gasteiger partial charge in [-0.3, -0.25) is 0 Å².